The molecule has 0 fully saturated rings. The lowest BCUT2D eigenvalue weighted by Crippen LogP contribution is -1.92. The van der Waals surface area contributed by atoms with Crippen LogP contribution in [0.1, 0.15) is 0 Å². The van der Waals surface area contributed by atoms with Gasteiger partial charge in [-0.3, -0.25) is 0 Å². The van der Waals surface area contributed by atoms with Crippen molar-refractivity contribution in [3.05, 3.63) is 91.0 Å². The van der Waals surface area contributed by atoms with Crippen molar-refractivity contribution in [1.82, 2.24) is 9.38 Å². The van der Waals surface area contributed by atoms with Gasteiger partial charge in [-0.25, -0.2) is 0 Å². The maximum atomic E-state index is 3.63. The Balaban J connectivity index is 1.75. The van der Waals surface area contributed by atoms with Gasteiger partial charge in [0.15, 0.2) is 0 Å². The smallest absolute Gasteiger partial charge is 0.0619 e. The molecule has 8 aromatic rings. The van der Waals surface area contributed by atoms with Crippen LogP contribution in [-0.2, 0) is 0 Å². The van der Waals surface area contributed by atoms with Crippen LogP contribution in [0.25, 0.3) is 70.7 Å². The van der Waals surface area contributed by atoms with Gasteiger partial charge in [0.05, 0.1) is 16.6 Å². The summed E-state index contributed by atoms with van der Waals surface area (Å²) in [4.78, 5) is 3.63. The Bertz CT molecular complexity index is 1940. The van der Waals surface area contributed by atoms with Crippen LogP contribution in [0.4, 0.5) is 0 Å². The number of benzene rings is 5. The number of fused-ring (bicyclic) bond motifs is 8. The van der Waals surface area contributed by atoms with Crippen LogP contribution in [0, 0.1) is 0 Å². The fourth-order valence-electron chi connectivity index (χ4n) is 5.61. The molecular formula is C28H16N2. The fraction of sp³-hybridized carbons (Fsp3) is 0. The minimum atomic E-state index is 1.19. The molecule has 5 aromatic carbocycles. The summed E-state index contributed by atoms with van der Waals surface area (Å²) in [6.07, 6.45) is 0. The molecule has 0 saturated carbocycles. The molecular weight excluding hydrogens is 364 g/mol. The molecule has 2 heteroatoms. The van der Waals surface area contributed by atoms with Gasteiger partial charge in [0.2, 0.25) is 0 Å². The predicted molar refractivity (Wildman–Crippen MR) is 128 cm³/mol. The monoisotopic (exact) mass is 380 g/mol. The van der Waals surface area contributed by atoms with Gasteiger partial charge in [-0.05, 0) is 35.0 Å². The van der Waals surface area contributed by atoms with E-state index in [0.717, 1.165) is 0 Å². The number of nitrogens with one attached hydrogen (secondary N) is 1. The number of hydrogen-bond acceptors (Lipinski definition) is 0. The van der Waals surface area contributed by atoms with E-state index in [4.69, 9.17) is 0 Å². The number of H-pyrrole nitrogens is 1. The Labute approximate surface area is 171 Å². The van der Waals surface area contributed by atoms with Crippen LogP contribution in [-0.4, -0.2) is 9.38 Å². The van der Waals surface area contributed by atoms with Gasteiger partial charge in [0.1, 0.15) is 0 Å². The number of aromatic amines is 1. The van der Waals surface area contributed by atoms with Crippen molar-refractivity contribution in [3.8, 4) is 0 Å². The minimum Gasteiger partial charge on any atom is -0.354 e. The van der Waals surface area contributed by atoms with E-state index in [-0.39, 0.29) is 0 Å². The van der Waals surface area contributed by atoms with E-state index in [1.807, 2.05) is 0 Å². The first-order valence-electron chi connectivity index (χ1n) is 10.4. The summed E-state index contributed by atoms with van der Waals surface area (Å²) in [5.74, 6) is 0. The van der Waals surface area contributed by atoms with E-state index in [2.05, 4.69) is 100 Å². The summed E-state index contributed by atoms with van der Waals surface area (Å²) in [6, 6.07) is 33.3. The highest BCUT2D eigenvalue weighted by molar-refractivity contribution is 6.28. The van der Waals surface area contributed by atoms with Crippen LogP contribution in [0.5, 0.6) is 0 Å². The SMILES string of the molecule is c1ccc2c(c1)[nH]c1cc3c(cc12)c1cccc2c4cccc5cccc(c54)n3c21. The highest BCUT2D eigenvalue weighted by atomic mass is 14.9. The topological polar surface area (TPSA) is 20.2 Å². The number of nitrogens with zero attached hydrogens (tertiary/aromatic N) is 1. The van der Waals surface area contributed by atoms with Gasteiger partial charge in [0, 0.05) is 43.4 Å². The molecule has 138 valence electrons. The first kappa shape index (κ1) is 14.9. The molecule has 30 heavy (non-hydrogen) atoms. The molecule has 0 saturated heterocycles. The molecule has 0 amide bonds. The van der Waals surface area contributed by atoms with Crippen LogP contribution >= 0.6 is 0 Å². The Morgan fingerprint density at radius 3 is 2.17 bits per heavy atom. The Hall–Kier alpha value is -4.04. The molecule has 2 nitrogen and oxygen atoms in total. The van der Waals surface area contributed by atoms with E-state index in [1.54, 1.807) is 0 Å². The second-order valence-corrected chi connectivity index (χ2v) is 8.30. The zero-order valence-electron chi connectivity index (χ0n) is 16.1. The average molecular weight is 380 g/mol. The third kappa shape index (κ3) is 1.60. The second-order valence-electron chi connectivity index (χ2n) is 8.30. The van der Waals surface area contributed by atoms with Crippen molar-refractivity contribution in [2.75, 3.05) is 0 Å². The highest BCUT2D eigenvalue weighted by Gasteiger charge is 2.18. The molecule has 0 bridgehead atoms. The van der Waals surface area contributed by atoms with Crippen molar-refractivity contribution in [2.24, 2.45) is 0 Å². The summed E-state index contributed by atoms with van der Waals surface area (Å²) < 4.78 is 2.47. The average Bonchev–Trinajstić information content (AvgIpc) is 3.32. The summed E-state index contributed by atoms with van der Waals surface area (Å²) in [7, 11) is 0. The van der Waals surface area contributed by atoms with E-state index < -0.39 is 0 Å². The molecule has 0 spiro atoms. The van der Waals surface area contributed by atoms with Crippen LogP contribution in [0.15, 0.2) is 91.0 Å². The van der Waals surface area contributed by atoms with E-state index in [1.165, 1.54) is 70.7 Å². The third-order valence-corrected chi connectivity index (χ3v) is 6.83. The van der Waals surface area contributed by atoms with Crippen molar-refractivity contribution in [1.29, 1.82) is 0 Å². The van der Waals surface area contributed by atoms with Crippen LogP contribution in [0.3, 0.4) is 0 Å². The van der Waals surface area contributed by atoms with Crippen LogP contribution in [0.2, 0.25) is 0 Å². The van der Waals surface area contributed by atoms with Gasteiger partial charge in [-0.15, -0.1) is 0 Å². The number of para-hydroxylation sites is 2. The van der Waals surface area contributed by atoms with Gasteiger partial charge >= 0.3 is 0 Å². The summed E-state index contributed by atoms with van der Waals surface area (Å²) in [5, 5.41) is 10.5. The molecule has 0 unspecified atom stereocenters. The Kier molecular flexibility index (Phi) is 2.44. The molecule has 8 rings (SSSR count). The van der Waals surface area contributed by atoms with Gasteiger partial charge in [-0.2, -0.15) is 0 Å². The van der Waals surface area contributed by atoms with Gasteiger partial charge < -0.3 is 9.38 Å². The highest BCUT2D eigenvalue weighted by Crippen LogP contribution is 2.41. The first-order chi connectivity index (χ1) is 14.9. The summed E-state index contributed by atoms with van der Waals surface area (Å²) in [6.45, 7) is 0. The summed E-state index contributed by atoms with van der Waals surface area (Å²) in [5.41, 5.74) is 6.23. The zero-order chi connectivity index (χ0) is 19.4. The largest absolute Gasteiger partial charge is 0.354 e. The van der Waals surface area contributed by atoms with Crippen molar-refractivity contribution in [3.63, 3.8) is 0 Å². The first-order valence-corrected chi connectivity index (χ1v) is 10.4. The Morgan fingerprint density at radius 2 is 1.23 bits per heavy atom. The van der Waals surface area contributed by atoms with Crippen LogP contribution < -0.4 is 0 Å². The number of pyridine rings is 1. The molecule has 0 aliphatic carbocycles. The van der Waals surface area contributed by atoms with Crippen molar-refractivity contribution in [2.45, 2.75) is 0 Å². The van der Waals surface area contributed by atoms with Gasteiger partial charge in [-0.1, -0.05) is 66.7 Å². The molecule has 0 atom stereocenters. The molecule has 0 aliphatic heterocycles. The quantitative estimate of drug-likeness (QED) is 0.206. The standard InChI is InChI=1S/C28H16N2/c1-2-12-23-17(8-1)21-14-22-20-11-5-10-19-18-9-3-6-16-7-4-13-25(27(16)18)30(28(19)20)26(22)15-24(21)29-23/h1-15,29H. The fourth-order valence-corrected chi connectivity index (χ4v) is 5.61. The maximum Gasteiger partial charge on any atom is 0.0619 e. The van der Waals surface area contributed by atoms with E-state index >= 15 is 0 Å². The third-order valence-electron chi connectivity index (χ3n) is 6.83. The minimum absolute atomic E-state index is 1.19. The molecule has 3 aromatic heterocycles. The lowest BCUT2D eigenvalue weighted by atomic mass is 9.99. The van der Waals surface area contributed by atoms with Crippen molar-refractivity contribution >= 4 is 70.7 Å². The van der Waals surface area contributed by atoms with Crippen molar-refractivity contribution < 1.29 is 0 Å². The lowest BCUT2D eigenvalue weighted by Gasteiger charge is -2.12. The molecule has 0 radical (unpaired) electrons. The zero-order valence-corrected chi connectivity index (χ0v) is 16.1. The number of rotatable bonds is 0. The maximum absolute atomic E-state index is 3.63. The predicted octanol–water partition coefficient (Wildman–Crippen LogP) is 7.62. The normalized spacial score (nSPS) is 12.7. The molecule has 3 heterocycles. The van der Waals surface area contributed by atoms with Gasteiger partial charge in [0.25, 0.3) is 0 Å². The number of aromatic nitrogens is 2. The van der Waals surface area contributed by atoms with E-state index in [9.17, 15) is 0 Å². The second kappa shape index (κ2) is 4.92. The number of hydrogen-bond donors (Lipinski definition) is 1. The summed E-state index contributed by atoms with van der Waals surface area (Å²) >= 11 is 0. The molecule has 1 N–H and O–H groups in total. The Morgan fingerprint density at radius 1 is 0.500 bits per heavy atom. The van der Waals surface area contributed by atoms with E-state index in [0.29, 0.717) is 0 Å². The lowest BCUT2D eigenvalue weighted by molar-refractivity contribution is 1.35. The molecule has 0 aliphatic rings.